The summed E-state index contributed by atoms with van der Waals surface area (Å²) in [6, 6.07) is 2.73. The third-order valence-corrected chi connectivity index (χ3v) is 4.47. The van der Waals surface area contributed by atoms with Crippen LogP contribution in [0.2, 0.25) is 0 Å². The Balaban J connectivity index is 1.65. The fourth-order valence-corrected chi connectivity index (χ4v) is 3.12. The highest BCUT2D eigenvalue weighted by molar-refractivity contribution is 5.49. The van der Waals surface area contributed by atoms with Gasteiger partial charge < -0.3 is 10.2 Å². The second-order valence-corrected chi connectivity index (χ2v) is 6.06. The molecule has 1 saturated heterocycles. The maximum atomic E-state index is 4.44. The highest BCUT2D eigenvalue weighted by Gasteiger charge is 2.18. The van der Waals surface area contributed by atoms with Gasteiger partial charge in [0, 0.05) is 25.2 Å². The molecular weight excluding hydrogens is 236 g/mol. The van der Waals surface area contributed by atoms with Crippen LogP contribution in [0.15, 0.2) is 12.4 Å². The topological polar surface area (TPSA) is 41.0 Å². The first-order valence-corrected chi connectivity index (χ1v) is 7.65. The summed E-state index contributed by atoms with van der Waals surface area (Å²) in [6.07, 6.45) is 9.50. The Labute approximate surface area is 115 Å². The number of anilines is 2. The Kier molecular flexibility index (Phi) is 3.85. The molecule has 1 aromatic heterocycles. The summed E-state index contributed by atoms with van der Waals surface area (Å²) in [4.78, 5) is 11.2. The van der Waals surface area contributed by atoms with E-state index in [2.05, 4.69) is 33.2 Å². The number of nitrogens with zero attached hydrogens (tertiary/aromatic N) is 3. The smallest absolute Gasteiger partial charge is 0.134 e. The number of hydrogen-bond acceptors (Lipinski definition) is 4. The van der Waals surface area contributed by atoms with E-state index < -0.39 is 0 Å². The van der Waals surface area contributed by atoms with Gasteiger partial charge in [-0.15, -0.1) is 0 Å². The molecule has 2 heterocycles. The van der Waals surface area contributed by atoms with Crippen molar-refractivity contribution in [3.05, 3.63) is 12.4 Å². The maximum Gasteiger partial charge on any atom is 0.134 e. The van der Waals surface area contributed by atoms with Gasteiger partial charge in [0.05, 0.1) is 0 Å². The van der Waals surface area contributed by atoms with Crippen LogP contribution in [0.25, 0.3) is 0 Å². The highest BCUT2D eigenvalue weighted by atomic mass is 15.2. The Morgan fingerprint density at radius 2 is 1.84 bits per heavy atom. The van der Waals surface area contributed by atoms with Crippen LogP contribution in [0.4, 0.5) is 11.6 Å². The SMILES string of the molecule is CC1CCN(c2cc(NC3CCCC3)ncn2)CC1. The molecule has 0 atom stereocenters. The summed E-state index contributed by atoms with van der Waals surface area (Å²) in [5.41, 5.74) is 0. The van der Waals surface area contributed by atoms with Gasteiger partial charge in [0.25, 0.3) is 0 Å². The van der Waals surface area contributed by atoms with Gasteiger partial charge in [-0.2, -0.15) is 0 Å². The molecule has 3 rings (SSSR count). The van der Waals surface area contributed by atoms with Crippen molar-refractivity contribution in [1.82, 2.24) is 9.97 Å². The Hall–Kier alpha value is -1.32. The lowest BCUT2D eigenvalue weighted by atomic mass is 9.99. The van der Waals surface area contributed by atoms with Gasteiger partial charge in [-0.25, -0.2) is 9.97 Å². The van der Waals surface area contributed by atoms with Gasteiger partial charge in [-0.3, -0.25) is 0 Å². The van der Waals surface area contributed by atoms with Gasteiger partial charge in [0.15, 0.2) is 0 Å². The van der Waals surface area contributed by atoms with Crippen molar-refractivity contribution in [2.75, 3.05) is 23.3 Å². The quantitative estimate of drug-likeness (QED) is 0.907. The summed E-state index contributed by atoms with van der Waals surface area (Å²) >= 11 is 0. The van der Waals surface area contributed by atoms with E-state index in [1.165, 1.54) is 38.5 Å². The highest BCUT2D eigenvalue weighted by Crippen LogP contribution is 2.25. The van der Waals surface area contributed by atoms with E-state index >= 15 is 0 Å². The normalized spacial score (nSPS) is 21.8. The van der Waals surface area contributed by atoms with Crippen LogP contribution in [0, 0.1) is 5.92 Å². The third-order valence-electron chi connectivity index (χ3n) is 4.47. The molecule has 0 unspecified atom stereocenters. The van der Waals surface area contributed by atoms with E-state index in [9.17, 15) is 0 Å². The second kappa shape index (κ2) is 5.76. The van der Waals surface area contributed by atoms with E-state index in [1.54, 1.807) is 6.33 Å². The molecule has 1 aliphatic heterocycles. The van der Waals surface area contributed by atoms with E-state index in [4.69, 9.17) is 0 Å². The fraction of sp³-hybridized carbons (Fsp3) is 0.733. The second-order valence-electron chi connectivity index (χ2n) is 6.06. The Bertz CT molecular complexity index is 406. The maximum absolute atomic E-state index is 4.44. The molecule has 4 nitrogen and oxygen atoms in total. The van der Waals surface area contributed by atoms with Crippen LogP contribution >= 0.6 is 0 Å². The lowest BCUT2D eigenvalue weighted by molar-refractivity contribution is 0.436. The predicted octanol–water partition coefficient (Wildman–Crippen LogP) is 3.07. The summed E-state index contributed by atoms with van der Waals surface area (Å²) in [7, 11) is 0. The minimum atomic E-state index is 0.615. The summed E-state index contributed by atoms with van der Waals surface area (Å²) in [5.74, 6) is 2.94. The Morgan fingerprint density at radius 3 is 2.58 bits per heavy atom. The molecule has 0 radical (unpaired) electrons. The zero-order valence-corrected chi connectivity index (χ0v) is 11.8. The van der Waals surface area contributed by atoms with Gasteiger partial charge >= 0.3 is 0 Å². The summed E-state index contributed by atoms with van der Waals surface area (Å²) in [6.45, 7) is 4.59. The van der Waals surface area contributed by atoms with Crippen LogP contribution in [-0.2, 0) is 0 Å². The zero-order chi connectivity index (χ0) is 13.1. The molecule has 1 aromatic rings. The molecule has 4 heteroatoms. The van der Waals surface area contributed by atoms with Crippen molar-refractivity contribution in [3.63, 3.8) is 0 Å². The first kappa shape index (κ1) is 12.7. The van der Waals surface area contributed by atoms with Crippen molar-refractivity contribution in [2.45, 2.75) is 51.5 Å². The van der Waals surface area contributed by atoms with Crippen LogP contribution in [-0.4, -0.2) is 29.1 Å². The number of hydrogen-bond donors (Lipinski definition) is 1. The predicted molar refractivity (Wildman–Crippen MR) is 78.5 cm³/mol. The van der Waals surface area contributed by atoms with Crippen molar-refractivity contribution in [1.29, 1.82) is 0 Å². The van der Waals surface area contributed by atoms with E-state index in [1.807, 2.05) is 0 Å². The average Bonchev–Trinajstić information content (AvgIpc) is 2.93. The molecule has 2 aliphatic rings. The molecule has 104 valence electrons. The van der Waals surface area contributed by atoms with Crippen LogP contribution < -0.4 is 10.2 Å². The van der Waals surface area contributed by atoms with E-state index in [-0.39, 0.29) is 0 Å². The fourth-order valence-electron chi connectivity index (χ4n) is 3.12. The molecule has 0 amide bonds. The van der Waals surface area contributed by atoms with Gasteiger partial charge in [0.1, 0.15) is 18.0 Å². The van der Waals surface area contributed by atoms with E-state index in [0.717, 1.165) is 30.6 Å². The zero-order valence-electron chi connectivity index (χ0n) is 11.8. The lowest BCUT2D eigenvalue weighted by Crippen LogP contribution is -2.33. The minimum absolute atomic E-state index is 0.615. The van der Waals surface area contributed by atoms with Crippen molar-refractivity contribution >= 4 is 11.6 Å². The van der Waals surface area contributed by atoms with Crippen LogP contribution in [0.1, 0.15) is 45.4 Å². The molecule has 0 bridgehead atoms. The summed E-state index contributed by atoms with van der Waals surface area (Å²) in [5, 5.41) is 3.55. The van der Waals surface area contributed by atoms with Gasteiger partial charge in [-0.05, 0) is 31.6 Å². The van der Waals surface area contributed by atoms with E-state index in [0.29, 0.717) is 6.04 Å². The first-order valence-electron chi connectivity index (χ1n) is 7.65. The van der Waals surface area contributed by atoms with Gasteiger partial charge in [-0.1, -0.05) is 19.8 Å². The average molecular weight is 260 g/mol. The Morgan fingerprint density at radius 1 is 1.11 bits per heavy atom. The first-order chi connectivity index (χ1) is 9.31. The number of piperidine rings is 1. The largest absolute Gasteiger partial charge is 0.367 e. The molecule has 19 heavy (non-hydrogen) atoms. The number of nitrogens with one attached hydrogen (secondary N) is 1. The van der Waals surface area contributed by atoms with Crippen molar-refractivity contribution < 1.29 is 0 Å². The number of aromatic nitrogens is 2. The molecule has 0 spiro atoms. The van der Waals surface area contributed by atoms with Gasteiger partial charge in [0.2, 0.25) is 0 Å². The molecule has 2 fully saturated rings. The van der Waals surface area contributed by atoms with Crippen molar-refractivity contribution in [2.24, 2.45) is 5.92 Å². The lowest BCUT2D eigenvalue weighted by Gasteiger charge is -2.31. The molecule has 1 aliphatic carbocycles. The summed E-state index contributed by atoms with van der Waals surface area (Å²) < 4.78 is 0. The third kappa shape index (κ3) is 3.17. The minimum Gasteiger partial charge on any atom is -0.367 e. The molecule has 1 N–H and O–H groups in total. The molecule has 0 aromatic carbocycles. The molecule has 1 saturated carbocycles. The van der Waals surface area contributed by atoms with Crippen molar-refractivity contribution in [3.8, 4) is 0 Å². The standard InChI is InChI=1S/C15H24N4/c1-12-6-8-19(9-7-12)15-10-14(16-11-17-15)18-13-4-2-3-5-13/h10-13H,2-9H2,1H3,(H,16,17,18). The van der Waals surface area contributed by atoms with Crippen LogP contribution in [0.5, 0.6) is 0 Å². The molecular formula is C15H24N4. The van der Waals surface area contributed by atoms with Crippen LogP contribution in [0.3, 0.4) is 0 Å². The number of rotatable bonds is 3. The monoisotopic (exact) mass is 260 g/mol.